The topological polar surface area (TPSA) is 55.8 Å². The van der Waals surface area contributed by atoms with Gasteiger partial charge in [0.05, 0.1) is 13.2 Å². The number of rotatable bonds is 9. The molecule has 0 fully saturated rings. The number of carbonyl (C=O) groups is 1. The van der Waals surface area contributed by atoms with Crippen LogP contribution in [0.25, 0.3) is 0 Å². The van der Waals surface area contributed by atoms with Crippen LogP contribution < -0.4 is 0 Å². The van der Waals surface area contributed by atoms with Gasteiger partial charge in [0.2, 0.25) is 0 Å². The van der Waals surface area contributed by atoms with Gasteiger partial charge in [-0.2, -0.15) is 0 Å². The first kappa shape index (κ1) is 20.4. The fourth-order valence-corrected chi connectivity index (χ4v) is 4.88. The van der Waals surface area contributed by atoms with E-state index >= 15 is 0 Å². The van der Waals surface area contributed by atoms with Gasteiger partial charge in [-0.15, -0.1) is 0 Å². The van der Waals surface area contributed by atoms with E-state index in [1.807, 2.05) is 36.4 Å². The summed E-state index contributed by atoms with van der Waals surface area (Å²) in [5.41, 5.74) is 1.50. The fraction of sp³-hybridized carbons (Fsp3) is 0.350. The number of nitrogens with zero attached hydrogens (tertiary/aromatic N) is 1. The third kappa shape index (κ3) is 5.04. The average molecular weight is 375 g/mol. The highest BCUT2D eigenvalue weighted by Gasteiger charge is 2.40. The molecule has 5 nitrogen and oxygen atoms in total. The van der Waals surface area contributed by atoms with Crippen LogP contribution in [0.5, 0.6) is 0 Å². The van der Waals surface area contributed by atoms with E-state index in [0.717, 1.165) is 5.56 Å². The number of benzene rings is 2. The van der Waals surface area contributed by atoms with Gasteiger partial charge in [0, 0.05) is 19.0 Å². The summed E-state index contributed by atoms with van der Waals surface area (Å²) >= 11 is 0. The minimum Gasteiger partial charge on any atom is -0.327 e. The van der Waals surface area contributed by atoms with Crippen molar-refractivity contribution in [1.29, 1.82) is 0 Å². The summed E-state index contributed by atoms with van der Waals surface area (Å²) in [6, 6.07) is 18.6. The van der Waals surface area contributed by atoms with Gasteiger partial charge in [0.15, 0.2) is 0 Å². The molecule has 0 N–H and O–H groups in total. The maximum atomic E-state index is 13.5. The van der Waals surface area contributed by atoms with Crippen molar-refractivity contribution in [2.75, 3.05) is 20.3 Å². The lowest BCUT2D eigenvalue weighted by molar-refractivity contribution is 0.0743. The maximum absolute atomic E-state index is 13.5. The molecule has 0 heterocycles. The summed E-state index contributed by atoms with van der Waals surface area (Å²) in [6.07, 6.45) is 0.382. The Morgan fingerprint density at radius 2 is 1.46 bits per heavy atom. The highest BCUT2D eigenvalue weighted by molar-refractivity contribution is 7.54. The van der Waals surface area contributed by atoms with E-state index < -0.39 is 13.4 Å². The van der Waals surface area contributed by atoms with Crippen LogP contribution in [0.1, 0.15) is 29.8 Å². The molecule has 2 aromatic rings. The van der Waals surface area contributed by atoms with Crippen molar-refractivity contribution >= 4 is 13.5 Å². The second-order valence-corrected chi connectivity index (χ2v) is 8.02. The highest BCUT2D eigenvalue weighted by Crippen LogP contribution is 2.55. The van der Waals surface area contributed by atoms with Gasteiger partial charge in [-0.25, -0.2) is 0 Å². The van der Waals surface area contributed by atoms with Crippen molar-refractivity contribution < 1.29 is 18.4 Å². The Labute approximate surface area is 155 Å². The van der Waals surface area contributed by atoms with Crippen molar-refractivity contribution in [3.05, 3.63) is 71.8 Å². The van der Waals surface area contributed by atoms with E-state index in [1.54, 1.807) is 45.2 Å². The summed E-state index contributed by atoms with van der Waals surface area (Å²) in [6.45, 7) is 4.03. The van der Waals surface area contributed by atoms with Gasteiger partial charge in [-0.3, -0.25) is 9.36 Å². The molecular formula is C20H26NO4P. The van der Waals surface area contributed by atoms with Crippen LogP contribution in [0.4, 0.5) is 0 Å². The highest BCUT2D eigenvalue weighted by atomic mass is 31.2. The van der Waals surface area contributed by atoms with Crippen LogP contribution in [0.2, 0.25) is 0 Å². The van der Waals surface area contributed by atoms with Crippen LogP contribution in [0, 0.1) is 0 Å². The lowest BCUT2D eigenvalue weighted by Gasteiger charge is -2.33. The van der Waals surface area contributed by atoms with Crippen LogP contribution in [-0.2, 0) is 20.0 Å². The summed E-state index contributed by atoms with van der Waals surface area (Å²) < 4.78 is 24.6. The van der Waals surface area contributed by atoms with Gasteiger partial charge < -0.3 is 13.9 Å². The molecule has 0 aliphatic rings. The molecule has 140 valence electrons. The molecule has 0 radical (unpaired) electrons. The Kier molecular flexibility index (Phi) is 7.58. The molecule has 0 aliphatic carbocycles. The molecule has 2 aromatic carbocycles. The number of amides is 1. The smallest absolute Gasteiger partial charge is 0.327 e. The van der Waals surface area contributed by atoms with Crippen LogP contribution in [0.15, 0.2) is 60.7 Å². The van der Waals surface area contributed by atoms with Crippen molar-refractivity contribution in [3.8, 4) is 0 Å². The third-order valence-corrected chi connectivity index (χ3v) is 6.53. The van der Waals surface area contributed by atoms with E-state index in [4.69, 9.17) is 9.05 Å². The van der Waals surface area contributed by atoms with Crippen molar-refractivity contribution in [2.45, 2.75) is 26.1 Å². The molecule has 0 saturated carbocycles. The largest absolute Gasteiger partial charge is 0.353 e. The fourth-order valence-electron chi connectivity index (χ4n) is 2.77. The quantitative estimate of drug-likeness (QED) is 0.602. The molecule has 0 aromatic heterocycles. The van der Waals surface area contributed by atoms with Gasteiger partial charge in [0.25, 0.3) is 5.91 Å². The third-order valence-electron chi connectivity index (χ3n) is 4.03. The molecule has 1 atom stereocenters. The zero-order valence-corrected chi connectivity index (χ0v) is 16.4. The maximum Gasteiger partial charge on any atom is 0.353 e. The Morgan fingerprint density at radius 1 is 0.962 bits per heavy atom. The zero-order chi connectivity index (χ0) is 19.0. The average Bonchev–Trinajstić information content (AvgIpc) is 2.67. The molecule has 26 heavy (non-hydrogen) atoms. The first-order valence-electron chi connectivity index (χ1n) is 8.76. The van der Waals surface area contributed by atoms with Crippen LogP contribution >= 0.6 is 7.60 Å². The molecule has 0 spiro atoms. The molecule has 1 amide bonds. The molecule has 6 heteroatoms. The normalized spacial score (nSPS) is 12.6. The summed E-state index contributed by atoms with van der Waals surface area (Å²) in [5, 5.41) is 0. The number of carbonyl (C=O) groups excluding carboxylic acids is 1. The summed E-state index contributed by atoms with van der Waals surface area (Å²) in [5.74, 6) is -0.927. The molecule has 1 unspecified atom stereocenters. The Balaban J connectivity index is 2.38. The Morgan fingerprint density at radius 3 is 1.96 bits per heavy atom. The van der Waals surface area contributed by atoms with E-state index in [9.17, 15) is 9.36 Å². The Hall–Kier alpha value is -1.94. The van der Waals surface area contributed by atoms with E-state index in [1.165, 1.54) is 4.90 Å². The van der Waals surface area contributed by atoms with Crippen LogP contribution in [-0.4, -0.2) is 36.9 Å². The van der Waals surface area contributed by atoms with Crippen molar-refractivity contribution in [3.63, 3.8) is 0 Å². The van der Waals surface area contributed by atoms with Gasteiger partial charge in [0.1, 0.15) is 5.78 Å². The SMILES string of the molecule is CCOP(=O)(OCC)C(Cc1ccccc1)N(C)C(=O)c1ccccc1. The molecule has 2 rings (SSSR count). The lowest BCUT2D eigenvalue weighted by Crippen LogP contribution is -2.39. The predicted octanol–water partition coefficient (Wildman–Crippen LogP) is 4.59. The second kappa shape index (κ2) is 9.67. The first-order valence-corrected chi connectivity index (χ1v) is 10.4. The minimum atomic E-state index is -3.52. The summed E-state index contributed by atoms with van der Waals surface area (Å²) in [7, 11) is -1.87. The Bertz CT molecular complexity index is 726. The van der Waals surface area contributed by atoms with Gasteiger partial charge >= 0.3 is 7.60 Å². The molecular weight excluding hydrogens is 349 g/mol. The van der Waals surface area contributed by atoms with E-state index in [2.05, 4.69) is 0 Å². The van der Waals surface area contributed by atoms with Gasteiger partial charge in [-0.1, -0.05) is 48.5 Å². The van der Waals surface area contributed by atoms with Crippen molar-refractivity contribution in [2.24, 2.45) is 0 Å². The lowest BCUT2D eigenvalue weighted by atomic mass is 10.1. The number of hydrogen-bond acceptors (Lipinski definition) is 4. The molecule has 0 aliphatic heterocycles. The van der Waals surface area contributed by atoms with Gasteiger partial charge in [-0.05, 0) is 31.5 Å². The number of likely N-dealkylation sites (N-methyl/N-ethyl adjacent to an activating group) is 1. The second-order valence-electron chi connectivity index (χ2n) is 5.83. The standard InChI is InChI=1S/C20H26NO4P/c1-4-24-26(23,25-5-2)19(16-17-12-8-6-9-13-17)21(3)20(22)18-14-10-7-11-15-18/h6-15,19H,4-5,16H2,1-3H3. The predicted molar refractivity (Wildman–Crippen MR) is 103 cm³/mol. The van der Waals surface area contributed by atoms with Crippen LogP contribution in [0.3, 0.4) is 0 Å². The zero-order valence-electron chi connectivity index (χ0n) is 15.5. The minimum absolute atomic E-state index is 0.217. The molecule has 0 bridgehead atoms. The first-order chi connectivity index (χ1) is 12.5. The van der Waals surface area contributed by atoms with E-state index in [-0.39, 0.29) is 19.1 Å². The monoisotopic (exact) mass is 375 g/mol. The van der Waals surface area contributed by atoms with Crippen molar-refractivity contribution in [1.82, 2.24) is 4.90 Å². The number of hydrogen-bond donors (Lipinski definition) is 0. The molecule has 0 saturated heterocycles. The summed E-state index contributed by atoms with van der Waals surface area (Å²) in [4.78, 5) is 14.4. The van der Waals surface area contributed by atoms with E-state index in [0.29, 0.717) is 12.0 Å².